The Bertz CT molecular complexity index is 363. The molecule has 0 radical (unpaired) electrons. The van der Waals surface area contributed by atoms with E-state index in [0.717, 1.165) is 18.4 Å². The van der Waals surface area contributed by atoms with Crippen molar-refractivity contribution < 1.29 is 0 Å². The van der Waals surface area contributed by atoms with Crippen LogP contribution in [0.4, 0.5) is 0 Å². The van der Waals surface area contributed by atoms with Crippen molar-refractivity contribution in [2.75, 3.05) is 26.2 Å². The molecule has 0 aromatic carbocycles. The monoisotopic (exact) mass is 237 g/mol. The predicted molar refractivity (Wildman–Crippen MR) is 66.6 cm³/mol. The molecule has 2 atom stereocenters. The van der Waals surface area contributed by atoms with Crippen molar-refractivity contribution in [1.29, 1.82) is 0 Å². The van der Waals surface area contributed by atoms with Gasteiger partial charge in [-0.05, 0) is 44.8 Å². The second kappa shape index (κ2) is 4.43. The maximum Gasteiger partial charge on any atom is 0.0897 e. The number of thiazole rings is 1. The molecule has 2 aliphatic heterocycles. The van der Waals surface area contributed by atoms with E-state index in [4.69, 9.17) is 0 Å². The quantitative estimate of drug-likeness (QED) is 0.845. The molecule has 2 fully saturated rings. The predicted octanol–water partition coefficient (Wildman–Crippen LogP) is 1.49. The molecule has 1 aromatic rings. The Hall–Kier alpha value is -0.450. The van der Waals surface area contributed by atoms with Gasteiger partial charge in [0.25, 0.3) is 0 Å². The van der Waals surface area contributed by atoms with E-state index in [1.165, 1.54) is 42.5 Å². The number of nitrogens with zero attached hydrogens (tertiary/aromatic N) is 2. The van der Waals surface area contributed by atoms with Crippen LogP contribution in [0.1, 0.15) is 16.3 Å². The molecule has 4 heteroatoms. The van der Waals surface area contributed by atoms with Crippen LogP contribution in [-0.2, 0) is 6.54 Å². The van der Waals surface area contributed by atoms with Crippen LogP contribution in [0.2, 0.25) is 0 Å². The largest absolute Gasteiger partial charge is 0.316 e. The molecule has 0 amide bonds. The van der Waals surface area contributed by atoms with Crippen molar-refractivity contribution in [2.45, 2.75) is 19.9 Å². The first-order chi connectivity index (χ1) is 7.81. The fourth-order valence-corrected chi connectivity index (χ4v) is 3.79. The molecule has 3 nitrogen and oxygen atoms in total. The van der Waals surface area contributed by atoms with Gasteiger partial charge in [-0.2, -0.15) is 0 Å². The lowest BCUT2D eigenvalue weighted by atomic mass is 9.89. The third kappa shape index (κ3) is 2.14. The first-order valence-electron chi connectivity index (χ1n) is 6.15. The fraction of sp³-hybridized carbons (Fsp3) is 0.750. The molecule has 2 aliphatic rings. The Balaban J connectivity index is 1.60. The van der Waals surface area contributed by atoms with Crippen LogP contribution in [0.15, 0.2) is 6.20 Å². The Morgan fingerprint density at radius 3 is 3.19 bits per heavy atom. The molecule has 3 rings (SSSR count). The molecule has 1 aromatic heterocycles. The first-order valence-corrected chi connectivity index (χ1v) is 6.97. The third-order valence-electron chi connectivity index (χ3n) is 3.84. The lowest BCUT2D eigenvalue weighted by Crippen LogP contribution is -2.39. The van der Waals surface area contributed by atoms with Crippen LogP contribution in [-0.4, -0.2) is 36.1 Å². The Labute approximate surface area is 101 Å². The van der Waals surface area contributed by atoms with Gasteiger partial charge in [-0.3, -0.25) is 4.90 Å². The molecule has 16 heavy (non-hydrogen) atoms. The summed E-state index contributed by atoms with van der Waals surface area (Å²) in [5.41, 5.74) is 0. The normalized spacial score (nSPS) is 30.6. The van der Waals surface area contributed by atoms with Crippen LogP contribution < -0.4 is 5.32 Å². The summed E-state index contributed by atoms with van der Waals surface area (Å²) in [7, 11) is 0. The van der Waals surface area contributed by atoms with E-state index in [9.17, 15) is 0 Å². The number of piperidine rings is 1. The molecule has 0 saturated carbocycles. The smallest absolute Gasteiger partial charge is 0.0897 e. The Morgan fingerprint density at radius 2 is 2.38 bits per heavy atom. The minimum absolute atomic E-state index is 0.891. The van der Waals surface area contributed by atoms with Gasteiger partial charge in [0.05, 0.1) is 5.01 Å². The molecule has 0 aliphatic carbocycles. The van der Waals surface area contributed by atoms with Crippen LogP contribution in [0, 0.1) is 18.8 Å². The first kappa shape index (κ1) is 10.7. The number of fused-ring (bicyclic) bond motifs is 1. The Morgan fingerprint density at radius 1 is 1.50 bits per heavy atom. The summed E-state index contributed by atoms with van der Waals surface area (Å²) in [5.74, 6) is 1.84. The lowest BCUT2D eigenvalue weighted by molar-refractivity contribution is 0.143. The molecule has 2 unspecified atom stereocenters. The van der Waals surface area contributed by atoms with Gasteiger partial charge in [-0.1, -0.05) is 0 Å². The molecule has 0 spiro atoms. The summed E-state index contributed by atoms with van der Waals surface area (Å²) < 4.78 is 0. The summed E-state index contributed by atoms with van der Waals surface area (Å²) in [4.78, 5) is 8.34. The van der Waals surface area contributed by atoms with Crippen molar-refractivity contribution in [3.8, 4) is 0 Å². The van der Waals surface area contributed by atoms with Gasteiger partial charge < -0.3 is 5.32 Å². The zero-order valence-corrected chi connectivity index (χ0v) is 10.6. The maximum atomic E-state index is 4.33. The third-order valence-corrected chi connectivity index (χ3v) is 4.73. The van der Waals surface area contributed by atoms with Crippen molar-refractivity contribution in [2.24, 2.45) is 11.8 Å². The summed E-state index contributed by atoms with van der Waals surface area (Å²) in [6.45, 7) is 8.20. The second-order valence-corrected chi connectivity index (χ2v) is 6.37. The van der Waals surface area contributed by atoms with E-state index < -0.39 is 0 Å². The van der Waals surface area contributed by atoms with Gasteiger partial charge >= 0.3 is 0 Å². The zero-order valence-electron chi connectivity index (χ0n) is 9.78. The van der Waals surface area contributed by atoms with Gasteiger partial charge in [0, 0.05) is 24.2 Å². The van der Waals surface area contributed by atoms with Gasteiger partial charge in [0.15, 0.2) is 0 Å². The van der Waals surface area contributed by atoms with Gasteiger partial charge in [0.2, 0.25) is 0 Å². The highest BCUT2D eigenvalue weighted by Gasteiger charge is 2.32. The number of aryl methyl sites for hydroxylation is 1. The van der Waals surface area contributed by atoms with Crippen molar-refractivity contribution in [1.82, 2.24) is 15.2 Å². The molecular weight excluding hydrogens is 218 g/mol. The van der Waals surface area contributed by atoms with Crippen molar-refractivity contribution in [3.63, 3.8) is 0 Å². The average Bonchev–Trinajstić information content (AvgIpc) is 2.87. The number of likely N-dealkylation sites (tertiary alicyclic amines) is 1. The standard InChI is InChI=1S/C12H19N3S/c1-9-14-6-12(16-9)8-15-3-2-10-4-13-5-11(10)7-15/h6,10-11,13H,2-5,7-8H2,1H3. The second-order valence-electron chi connectivity index (χ2n) is 5.05. The SMILES string of the molecule is Cc1ncc(CN2CCC3CNCC3C2)s1. The van der Waals surface area contributed by atoms with E-state index >= 15 is 0 Å². The van der Waals surface area contributed by atoms with E-state index in [2.05, 4.69) is 22.1 Å². The summed E-state index contributed by atoms with van der Waals surface area (Å²) in [6, 6.07) is 0. The molecule has 1 N–H and O–H groups in total. The number of hydrogen-bond donors (Lipinski definition) is 1. The number of nitrogens with one attached hydrogen (secondary N) is 1. The fourth-order valence-electron chi connectivity index (χ4n) is 2.95. The highest BCUT2D eigenvalue weighted by atomic mass is 32.1. The average molecular weight is 237 g/mol. The van der Waals surface area contributed by atoms with Crippen molar-refractivity contribution >= 4 is 11.3 Å². The van der Waals surface area contributed by atoms with Gasteiger partial charge in [0.1, 0.15) is 0 Å². The van der Waals surface area contributed by atoms with Crippen LogP contribution in [0.3, 0.4) is 0 Å². The molecular formula is C12H19N3S. The van der Waals surface area contributed by atoms with Crippen LogP contribution in [0.25, 0.3) is 0 Å². The summed E-state index contributed by atoms with van der Waals surface area (Å²) in [6.07, 6.45) is 3.41. The molecule has 0 bridgehead atoms. The number of aromatic nitrogens is 1. The summed E-state index contributed by atoms with van der Waals surface area (Å²) in [5, 5.41) is 4.70. The topological polar surface area (TPSA) is 28.2 Å². The summed E-state index contributed by atoms with van der Waals surface area (Å²) >= 11 is 1.84. The molecule has 88 valence electrons. The minimum atomic E-state index is 0.891. The molecule has 3 heterocycles. The van der Waals surface area contributed by atoms with E-state index in [-0.39, 0.29) is 0 Å². The zero-order chi connectivity index (χ0) is 11.0. The Kier molecular flexibility index (Phi) is 2.96. The van der Waals surface area contributed by atoms with Crippen molar-refractivity contribution in [3.05, 3.63) is 16.1 Å². The van der Waals surface area contributed by atoms with E-state index in [0.29, 0.717) is 0 Å². The van der Waals surface area contributed by atoms with Gasteiger partial charge in [-0.25, -0.2) is 4.98 Å². The van der Waals surface area contributed by atoms with E-state index in [1.54, 1.807) is 0 Å². The highest BCUT2D eigenvalue weighted by molar-refractivity contribution is 7.11. The van der Waals surface area contributed by atoms with Crippen LogP contribution in [0.5, 0.6) is 0 Å². The highest BCUT2D eigenvalue weighted by Crippen LogP contribution is 2.27. The van der Waals surface area contributed by atoms with Gasteiger partial charge in [-0.15, -0.1) is 11.3 Å². The lowest BCUT2D eigenvalue weighted by Gasteiger charge is -2.34. The minimum Gasteiger partial charge on any atom is -0.316 e. The maximum absolute atomic E-state index is 4.33. The van der Waals surface area contributed by atoms with Crippen LogP contribution >= 0.6 is 11.3 Å². The van der Waals surface area contributed by atoms with E-state index in [1.807, 2.05) is 17.5 Å². The number of hydrogen-bond acceptors (Lipinski definition) is 4. The number of rotatable bonds is 2. The molecule has 2 saturated heterocycles.